The highest BCUT2D eigenvalue weighted by atomic mass is 16.5. The molecular weight excluding hydrogens is 224 g/mol. The Labute approximate surface area is 98.5 Å². The van der Waals surface area contributed by atoms with Crippen molar-refractivity contribution in [3.8, 4) is 5.75 Å². The van der Waals surface area contributed by atoms with Crippen LogP contribution in [0.15, 0.2) is 18.2 Å². The SMILES string of the molecule is COc1cc(N)ccc1C(=O)OCCC(N)=O. The molecule has 17 heavy (non-hydrogen) atoms. The molecule has 0 saturated carbocycles. The van der Waals surface area contributed by atoms with Crippen LogP contribution in [-0.2, 0) is 9.53 Å². The first-order valence-electron chi connectivity index (χ1n) is 4.93. The monoisotopic (exact) mass is 238 g/mol. The van der Waals surface area contributed by atoms with Gasteiger partial charge in [0.05, 0.1) is 13.5 Å². The Hall–Kier alpha value is -2.24. The summed E-state index contributed by atoms with van der Waals surface area (Å²) in [6.45, 7) is -0.0539. The molecule has 0 aromatic heterocycles. The van der Waals surface area contributed by atoms with Crippen molar-refractivity contribution in [2.24, 2.45) is 5.73 Å². The Balaban J connectivity index is 2.71. The quantitative estimate of drug-likeness (QED) is 0.567. The van der Waals surface area contributed by atoms with Crippen LogP contribution in [0.3, 0.4) is 0 Å². The number of anilines is 1. The van der Waals surface area contributed by atoms with Gasteiger partial charge in [0, 0.05) is 11.8 Å². The van der Waals surface area contributed by atoms with Gasteiger partial charge in [-0.15, -0.1) is 0 Å². The fourth-order valence-corrected chi connectivity index (χ4v) is 1.20. The topological polar surface area (TPSA) is 105 Å². The summed E-state index contributed by atoms with van der Waals surface area (Å²) in [7, 11) is 1.43. The smallest absolute Gasteiger partial charge is 0.341 e. The second-order valence-corrected chi connectivity index (χ2v) is 3.31. The molecule has 0 fully saturated rings. The van der Waals surface area contributed by atoms with Crippen LogP contribution in [0.1, 0.15) is 16.8 Å². The van der Waals surface area contributed by atoms with Crippen molar-refractivity contribution in [2.45, 2.75) is 6.42 Å². The zero-order valence-electron chi connectivity index (χ0n) is 9.43. The van der Waals surface area contributed by atoms with Gasteiger partial charge in [0.15, 0.2) is 0 Å². The Kier molecular flexibility index (Phi) is 4.33. The van der Waals surface area contributed by atoms with E-state index in [2.05, 4.69) is 0 Å². The number of nitrogens with two attached hydrogens (primary N) is 2. The molecule has 1 amide bonds. The molecule has 6 nitrogen and oxygen atoms in total. The fraction of sp³-hybridized carbons (Fsp3) is 0.273. The highest BCUT2D eigenvalue weighted by Crippen LogP contribution is 2.22. The van der Waals surface area contributed by atoms with Crippen molar-refractivity contribution in [2.75, 3.05) is 19.5 Å². The van der Waals surface area contributed by atoms with Crippen molar-refractivity contribution in [3.63, 3.8) is 0 Å². The Morgan fingerprint density at radius 2 is 2.06 bits per heavy atom. The van der Waals surface area contributed by atoms with Gasteiger partial charge in [0.1, 0.15) is 17.9 Å². The second kappa shape index (κ2) is 5.74. The van der Waals surface area contributed by atoms with E-state index in [1.807, 2.05) is 0 Å². The zero-order valence-corrected chi connectivity index (χ0v) is 9.43. The molecular formula is C11H14N2O4. The number of esters is 1. The number of nitrogen functional groups attached to an aromatic ring is 1. The Bertz CT molecular complexity index is 431. The van der Waals surface area contributed by atoms with Crippen molar-refractivity contribution in [3.05, 3.63) is 23.8 Å². The van der Waals surface area contributed by atoms with E-state index in [1.165, 1.54) is 19.2 Å². The molecule has 0 atom stereocenters. The molecule has 0 aliphatic heterocycles. The minimum Gasteiger partial charge on any atom is -0.496 e. The maximum absolute atomic E-state index is 11.6. The Morgan fingerprint density at radius 3 is 2.65 bits per heavy atom. The number of hydrogen-bond donors (Lipinski definition) is 2. The van der Waals surface area contributed by atoms with E-state index in [1.54, 1.807) is 6.07 Å². The van der Waals surface area contributed by atoms with E-state index in [9.17, 15) is 9.59 Å². The highest BCUT2D eigenvalue weighted by molar-refractivity contribution is 5.93. The lowest BCUT2D eigenvalue weighted by molar-refractivity contribution is -0.118. The lowest BCUT2D eigenvalue weighted by atomic mass is 10.2. The summed E-state index contributed by atoms with van der Waals surface area (Å²) in [6.07, 6.45) is -0.0109. The molecule has 1 rings (SSSR count). The third-order valence-electron chi connectivity index (χ3n) is 2.03. The summed E-state index contributed by atoms with van der Waals surface area (Å²) in [5.74, 6) is -0.778. The van der Waals surface area contributed by atoms with Crippen LogP contribution >= 0.6 is 0 Å². The molecule has 0 aliphatic rings. The number of hydrogen-bond acceptors (Lipinski definition) is 5. The summed E-state index contributed by atoms with van der Waals surface area (Å²) >= 11 is 0. The molecule has 1 aromatic carbocycles. The third kappa shape index (κ3) is 3.67. The maximum atomic E-state index is 11.6. The van der Waals surface area contributed by atoms with E-state index in [0.29, 0.717) is 11.4 Å². The fourth-order valence-electron chi connectivity index (χ4n) is 1.20. The summed E-state index contributed by atoms with van der Waals surface area (Å²) in [5, 5.41) is 0. The van der Waals surface area contributed by atoms with Crippen LogP contribution in [0.5, 0.6) is 5.75 Å². The van der Waals surface area contributed by atoms with Gasteiger partial charge < -0.3 is 20.9 Å². The van der Waals surface area contributed by atoms with Gasteiger partial charge in [-0.1, -0.05) is 0 Å². The molecule has 1 aromatic rings. The number of benzene rings is 1. The number of methoxy groups -OCH3 is 1. The maximum Gasteiger partial charge on any atom is 0.341 e. The van der Waals surface area contributed by atoms with Gasteiger partial charge in [-0.2, -0.15) is 0 Å². The number of amides is 1. The van der Waals surface area contributed by atoms with Crippen molar-refractivity contribution >= 4 is 17.6 Å². The van der Waals surface area contributed by atoms with Gasteiger partial charge in [-0.25, -0.2) is 4.79 Å². The van der Waals surface area contributed by atoms with Crippen LogP contribution < -0.4 is 16.2 Å². The number of ether oxygens (including phenoxy) is 2. The lowest BCUT2D eigenvalue weighted by Gasteiger charge is -2.08. The summed E-state index contributed by atoms with van der Waals surface area (Å²) in [4.78, 5) is 22.1. The van der Waals surface area contributed by atoms with E-state index in [4.69, 9.17) is 20.9 Å². The first-order chi connectivity index (χ1) is 8.04. The second-order valence-electron chi connectivity index (χ2n) is 3.31. The first-order valence-corrected chi connectivity index (χ1v) is 4.93. The minimum absolute atomic E-state index is 0.0109. The van der Waals surface area contributed by atoms with Crippen molar-refractivity contribution < 1.29 is 19.1 Å². The van der Waals surface area contributed by atoms with Gasteiger partial charge in [-0.05, 0) is 12.1 Å². The molecule has 0 aliphatic carbocycles. The van der Waals surface area contributed by atoms with Gasteiger partial charge >= 0.3 is 5.97 Å². The molecule has 0 saturated heterocycles. The summed E-state index contributed by atoms with van der Waals surface area (Å²) < 4.78 is 9.86. The van der Waals surface area contributed by atoms with Crippen molar-refractivity contribution in [1.82, 2.24) is 0 Å². The van der Waals surface area contributed by atoms with Gasteiger partial charge in [0.2, 0.25) is 5.91 Å². The summed E-state index contributed by atoms with van der Waals surface area (Å²) in [6, 6.07) is 4.58. The predicted octanol–water partition coefficient (Wildman–Crippen LogP) is 0.310. The highest BCUT2D eigenvalue weighted by Gasteiger charge is 2.13. The number of carbonyl (C=O) groups is 2. The summed E-state index contributed by atoms with van der Waals surface area (Å²) in [5.41, 5.74) is 11.2. The van der Waals surface area contributed by atoms with Crippen LogP contribution in [0.25, 0.3) is 0 Å². The molecule has 0 heterocycles. The predicted molar refractivity (Wildman–Crippen MR) is 61.5 cm³/mol. The minimum atomic E-state index is -0.580. The molecule has 0 bridgehead atoms. The van der Waals surface area contributed by atoms with Crippen LogP contribution in [0.2, 0.25) is 0 Å². The standard InChI is InChI=1S/C11H14N2O4/c1-16-9-6-7(12)2-3-8(9)11(15)17-5-4-10(13)14/h2-3,6H,4-5,12H2,1H3,(H2,13,14). The Morgan fingerprint density at radius 1 is 1.35 bits per heavy atom. The molecule has 0 unspecified atom stereocenters. The van der Waals surface area contributed by atoms with E-state index < -0.39 is 11.9 Å². The average Bonchev–Trinajstić information content (AvgIpc) is 2.28. The van der Waals surface area contributed by atoms with Crippen LogP contribution in [-0.4, -0.2) is 25.6 Å². The third-order valence-corrected chi connectivity index (χ3v) is 2.03. The molecule has 92 valence electrons. The van der Waals surface area contributed by atoms with Crippen molar-refractivity contribution in [1.29, 1.82) is 0 Å². The van der Waals surface area contributed by atoms with Crippen LogP contribution in [0.4, 0.5) is 5.69 Å². The first kappa shape index (κ1) is 12.8. The van der Waals surface area contributed by atoms with E-state index in [0.717, 1.165) is 0 Å². The van der Waals surface area contributed by atoms with Gasteiger partial charge in [0.25, 0.3) is 0 Å². The molecule has 4 N–H and O–H groups in total. The number of carbonyl (C=O) groups excluding carboxylic acids is 2. The largest absolute Gasteiger partial charge is 0.496 e. The lowest BCUT2D eigenvalue weighted by Crippen LogP contribution is -2.16. The van der Waals surface area contributed by atoms with E-state index in [-0.39, 0.29) is 18.6 Å². The zero-order chi connectivity index (χ0) is 12.8. The van der Waals surface area contributed by atoms with Gasteiger partial charge in [-0.3, -0.25) is 4.79 Å². The molecule has 0 radical (unpaired) electrons. The number of primary amides is 1. The van der Waals surface area contributed by atoms with Crippen LogP contribution in [0, 0.1) is 0 Å². The average molecular weight is 238 g/mol. The molecule has 6 heteroatoms. The van der Waals surface area contributed by atoms with E-state index >= 15 is 0 Å². The number of rotatable bonds is 5. The normalized spacial score (nSPS) is 9.71. The molecule has 0 spiro atoms.